The number of carbonyl (C=O) groups excluding carboxylic acids is 1. The van der Waals surface area contributed by atoms with E-state index in [9.17, 15) is 4.79 Å². The van der Waals surface area contributed by atoms with Crippen LogP contribution >= 0.6 is 0 Å². The molecule has 1 heterocycles. The van der Waals surface area contributed by atoms with Crippen molar-refractivity contribution in [2.24, 2.45) is 5.41 Å². The smallest absolute Gasteiger partial charge is 0.139 e. The summed E-state index contributed by atoms with van der Waals surface area (Å²) in [4.78, 5) is 13.7. The van der Waals surface area contributed by atoms with Gasteiger partial charge in [0, 0.05) is 24.5 Å². The van der Waals surface area contributed by atoms with Gasteiger partial charge >= 0.3 is 0 Å². The van der Waals surface area contributed by atoms with Gasteiger partial charge in [0.05, 0.1) is 13.2 Å². The van der Waals surface area contributed by atoms with Crippen molar-refractivity contribution in [3.05, 3.63) is 12.2 Å². The van der Waals surface area contributed by atoms with Crippen molar-refractivity contribution < 1.29 is 9.53 Å². The first-order valence-corrected chi connectivity index (χ1v) is 5.95. The zero-order valence-corrected chi connectivity index (χ0v) is 10.8. The Kier molecular flexibility index (Phi) is 4.69. The molecule has 1 unspecified atom stereocenters. The molecule has 0 aromatic heterocycles. The molecule has 0 amide bonds. The first-order chi connectivity index (χ1) is 7.43. The zero-order valence-electron chi connectivity index (χ0n) is 10.8. The number of nitrogens with zero attached hydrogens (tertiary/aromatic N) is 1. The molecule has 1 aliphatic heterocycles. The highest BCUT2D eigenvalue weighted by Gasteiger charge is 2.21. The van der Waals surface area contributed by atoms with Gasteiger partial charge in [0.15, 0.2) is 0 Å². The maximum atomic E-state index is 11.4. The van der Waals surface area contributed by atoms with Crippen LogP contribution in [0.4, 0.5) is 0 Å². The van der Waals surface area contributed by atoms with Crippen LogP contribution in [0, 0.1) is 5.41 Å². The van der Waals surface area contributed by atoms with Gasteiger partial charge in [-0.1, -0.05) is 12.2 Å². The van der Waals surface area contributed by atoms with E-state index in [1.54, 1.807) is 6.92 Å². The number of carbonyl (C=O) groups is 1. The molecule has 0 N–H and O–H groups in total. The van der Waals surface area contributed by atoms with E-state index in [0.717, 1.165) is 26.3 Å². The molecular formula is C13H23NO2. The minimum absolute atomic E-state index is 0.206. The van der Waals surface area contributed by atoms with Crippen LogP contribution in [0.25, 0.3) is 0 Å². The highest BCUT2D eigenvalue weighted by atomic mass is 16.5. The molecule has 0 saturated carbocycles. The Morgan fingerprint density at radius 1 is 1.38 bits per heavy atom. The van der Waals surface area contributed by atoms with Crippen LogP contribution in [-0.2, 0) is 9.53 Å². The fraction of sp³-hybridized carbons (Fsp3) is 0.769. The molecule has 0 spiro atoms. The quantitative estimate of drug-likeness (QED) is 0.684. The second kappa shape index (κ2) is 5.60. The number of ether oxygens (including phenoxy) is 1. The summed E-state index contributed by atoms with van der Waals surface area (Å²) in [5.74, 6) is 0.206. The fourth-order valence-electron chi connectivity index (χ4n) is 1.60. The maximum absolute atomic E-state index is 11.4. The lowest BCUT2D eigenvalue weighted by atomic mass is 9.88. The van der Waals surface area contributed by atoms with Gasteiger partial charge in [-0.15, -0.1) is 0 Å². The molecule has 0 aliphatic carbocycles. The predicted molar refractivity (Wildman–Crippen MR) is 65.5 cm³/mol. The van der Waals surface area contributed by atoms with Crippen molar-refractivity contribution in [2.75, 3.05) is 26.3 Å². The van der Waals surface area contributed by atoms with Crippen LogP contribution in [0.15, 0.2) is 12.2 Å². The molecular weight excluding hydrogens is 202 g/mol. The molecule has 3 nitrogen and oxygen atoms in total. The van der Waals surface area contributed by atoms with Crippen LogP contribution in [0.5, 0.6) is 0 Å². The van der Waals surface area contributed by atoms with E-state index in [1.165, 1.54) is 0 Å². The highest BCUT2D eigenvalue weighted by Crippen LogP contribution is 2.19. The van der Waals surface area contributed by atoms with Gasteiger partial charge in [-0.3, -0.25) is 9.69 Å². The second-order valence-electron chi connectivity index (χ2n) is 5.03. The van der Waals surface area contributed by atoms with Crippen LogP contribution < -0.4 is 0 Å². The summed E-state index contributed by atoms with van der Waals surface area (Å²) in [5, 5.41) is 0. The topological polar surface area (TPSA) is 29.5 Å². The summed E-state index contributed by atoms with van der Waals surface area (Å²) < 4.78 is 5.31. The first-order valence-electron chi connectivity index (χ1n) is 5.95. The van der Waals surface area contributed by atoms with Crippen LogP contribution in [-0.4, -0.2) is 43.0 Å². The lowest BCUT2D eigenvalue weighted by molar-refractivity contribution is -0.122. The molecule has 92 valence electrons. The van der Waals surface area contributed by atoms with E-state index in [2.05, 4.69) is 17.9 Å². The summed E-state index contributed by atoms with van der Waals surface area (Å²) >= 11 is 0. The standard InChI is InChI=1S/C13H23NO2/c1-11(14-7-9-16-10-8-14)5-6-13(3,4)12(2)15/h5-6,11H,7-10H2,1-4H3/b6-5+. The summed E-state index contributed by atoms with van der Waals surface area (Å²) in [7, 11) is 0. The SMILES string of the molecule is CC(=O)C(C)(C)/C=C/C(C)N1CCOCC1. The van der Waals surface area contributed by atoms with Crippen LogP contribution in [0.1, 0.15) is 27.7 Å². The average molecular weight is 225 g/mol. The Morgan fingerprint density at radius 2 is 1.94 bits per heavy atom. The third-order valence-corrected chi connectivity index (χ3v) is 3.32. The molecule has 1 atom stereocenters. The van der Waals surface area contributed by atoms with E-state index in [0.29, 0.717) is 6.04 Å². The average Bonchev–Trinajstić information content (AvgIpc) is 2.27. The molecule has 0 bridgehead atoms. The van der Waals surface area contributed by atoms with Crippen molar-refractivity contribution >= 4 is 5.78 Å². The van der Waals surface area contributed by atoms with Gasteiger partial charge in [0.1, 0.15) is 5.78 Å². The molecule has 1 aliphatic rings. The summed E-state index contributed by atoms with van der Waals surface area (Å²) in [6.07, 6.45) is 4.15. The maximum Gasteiger partial charge on any atom is 0.139 e. The minimum Gasteiger partial charge on any atom is -0.379 e. The molecule has 1 rings (SSSR count). The third kappa shape index (κ3) is 3.72. The molecule has 1 fully saturated rings. The van der Waals surface area contributed by atoms with Gasteiger partial charge < -0.3 is 4.74 Å². The van der Waals surface area contributed by atoms with Gasteiger partial charge in [0.25, 0.3) is 0 Å². The summed E-state index contributed by atoms with van der Waals surface area (Å²) in [6, 6.07) is 0.377. The number of hydrogen-bond donors (Lipinski definition) is 0. The van der Waals surface area contributed by atoms with Crippen molar-refractivity contribution in [1.29, 1.82) is 0 Å². The number of Topliss-reactive ketones (excluding diaryl/α,β-unsaturated/α-hetero) is 1. The molecule has 1 saturated heterocycles. The number of hydrogen-bond acceptors (Lipinski definition) is 3. The number of allylic oxidation sites excluding steroid dienone is 1. The molecule has 0 aromatic carbocycles. The molecule has 0 radical (unpaired) electrons. The van der Waals surface area contributed by atoms with Gasteiger partial charge in [-0.2, -0.15) is 0 Å². The van der Waals surface area contributed by atoms with E-state index in [-0.39, 0.29) is 11.2 Å². The van der Waals surface area contributed by atoms with Crippen molar-refractivity contribution in [3.8, 4) is 0 Å². The number of morpholine rings is 1. The van der Waals surface area contributed by atoms with E-state index in [4.69, 9.17) is 4.74 Å². The Hall–Kier alpha value is -0.670. The van der Waals surface area contributed by atoms with E-state index < -0.39 is 0 Å². The Bertz CT molecular complexity index is 265. The molecule has 0 aromatic rings. The zero-order chi connectivity index (χ0) is 12.2. The van der Waals surface area contributed by atoms with Gasteiger partial charge in [-0.25, -0.2) is 0 Å². The monoisotopic (exact) mass is 225 g/mol. The van der Waals surface area contributed by atoms with Crippen LogP contribution in [0.3, 0.4) is 0 Å². The van der Waals surface area contributed by atoms with Crippen LogP contribution in [0.2, 0.25) is 0 Å². The normalized spacial score (nSPS) is 21.2. The van der Waals surface area contributed by atoms with Crippen molar-refractivity contribution in [1.82, 2.24) is 4.90 Å². The second-order valence-corrected chi connectivity index (χ2v) is 5.03. The molecule has 3 heteroatoms. The van der Waals surface area contributed by atoms with E-state index >= 15 is 0 Å². The number of rotatable bonds is 4. The largest absolute Gasteiger partial charge is 0.379 e. The Labute approximate surface area is 98.5 Å². The van der Waals surface area contributed by atoms with Crippen molar-refractivity contribution in [2.45, 2.75) is 33.7 Å². The third-order valence-electron chi connectivity index (χ3n) is 3.32. The lowest BCUT2D eigenvalue weighted by Crippen LogP contribution is -2.41. The van der Waals surface area contributed by atoms with E-state index in [1.807, 2.05) is 19.9 Å². The number of ketones is 1. The van der Waals surface area contributed by atoms with Gasteiger partial charge in [-0.05, 0) is 27.7 Å². The lowest BCUT2D eigenvalue weighted by Gasteiger charge is -2.31. The highest BCUT2D eigenvalue weighted by molar-refractivity contribution is 5.83. The van der Waals surface area contributed by atoms with Crippen molar-refractivity contribution in [3.63, 3.8) is 0 Å². The Morgan fingerprint density at radius 3 is 2.44 bits per heavy atom. The summed E-state index contributed by atoms with van der Waals surface area (Å²) in [6.45, 7) is 11.3. The first kappa shape index (κ1) is 13.4. The molecule has 16 heavy (non-hydrogen) atoms. The Balaban J connectivity index is 2.52. The minimum atomic E-state index is -0.347. The summed E-state index contributed by atoms with van der Waals surface area (Å²) in [5.41, 5.74) is -0.347. The fourth-order valence-corrected chi connectivity index (χ4v) is 1.60. The van der Waals surface area contributed by atoms with Gasteiger partial charge in [0.2, 0.25) is 0 Å². The predicted octanol–water partition coefficient (Wildman–Crippen LogP) is 1.88.